The first-order chi connectivity index (χ1) is 7.74. The van der Waals surface area contributed by atoms with Gasteiger partial charge in [0.15, 0.2) is 0 Å². The second-order valence-electron chi connectivity index (χ2n) is 3.39. The lowest BCUT2D eigenvalue weighted by molar-refractivity contribution is -0.140. The van der Waals surface area contributed by atoms with Crippen LogP contribution < -0.4 is 5.32 Å². The van der Waals surface area contributed by atoms with Gasteiger partial charge in [0.25, 0.3) is 0 Å². The van der Waals surface area contributed by atoms with Crippen molar-refractivity contribution in [2.75, 3.05) is 5.32 Å². The molecule has 0 fully saturated rings. The highest BCUT2D eigenvalue weighted by Crippen LogP contribution is 2.09. The number of nitrogens with zero attached hydrogens (tertiary/aromatic N) is 1. The van der Waals surface area contributed by atoms with Gasteiger partial charge in [-0.05, 0) is 12.1 Å². The Labute approximate surface area is 92.1 Å². The number of nitrogens with one attached hydrogen (secondary N) is 1. The van der Waals surface area contributed by atoms with E-state index in [9.17, 15) is 9.59 Å². The standard InChI is InChI=1S/C11H10N2O3/c14-10(6-9-7-11(15)16-13-9)12-8-4-2-1-3-5-8/h1-5H,6-7H2,(H,12,14). The van der Waals surface area contributed by atoms with Crippen LogP contribution in [0.2, 0.25) is 0 Å². The number of para-hydroxylation sites is 1. The van der Waals surface area contributed by atoms with Crippen molar-refractivity contribution >= 4 is 23.3 Å². The van der Waals surface area contributed by atoms with Crippen LogP contribution in [0.15, 0.2) is 35.5 Å². The van der Waals surface area contributed by atoms with Gasteiger partial charge in [-0.25, -0.2) is 4.79 Å². The number of amides is 1. The van der Waals surface area contributed by atoms with Crippen LogP contribution in [0.4, 0.5) is 5.69 Å². The van der Waals surface area contributed by atoms with E-state index in [1.165, 1.54) is 0 Å². The van der Waals surface area contributed by atoms with E-state index in [2.05, 4.69) is 15.3 Å². The Kier molecular flexibility index (Phi) is 2.95. The molecule has 1 aliphatic rings. The summed E-state index contributed by atoms with van der Waals surface area (Å²) in [5.41, 5.74) is 1.18. The summed E-state index contributed by atoms with van der Waals surface area (Å²) < 4.78 is 0. The maximum atomic E-state index is 11.5. The van der Waals surface area contributed by atoms with Crippen molar-refractivity contribution in [2.24, 2.45) is 5.16 Å². The van der Waals surface area contributed by atoms with Gasteiger partial charge in [-0.2, -0.15) is 0 Å². The zero-order valence-corrected chi connectivity index (χ0v) is 8.47. The van der Waals surface area contributed by atoms with Crippen molar-refractivity contribution in [3.63, 3.8) is 0 Å². The Hall–Kier alpha value is -2.17. The number of anilines is 1. The fourth-order valence-corrected chi connectivity index (χ4v) is 1.35. The van der Waals surface area contributed by atoms with E-state index in [0.717, 1.165) is 5.69 Å². The predicted molar refractivity (Wildman–Crippen MR) is 57.8 cm³/mol. The molecule has 16 heavy (non-hydrogen) atoms. The van der Waals surface area contributed by atoms with Crippen LogP contribution in [0.5, 0.6) is 0 Å². The molecule has 0 saturated heterocycles. The van der Waals surface area contributed by atoms with Crippen molar-refractivity contribution in [3.05, 3.63) is 30.3 Å². The van der Waals surface area contributed by atoms with Crippen LogP contribution in [0, 0.1) is 0 Å². The molecule has 1 aromatic carbocycles. The van der Waals surface area contributed by atoms with Gasteiger partial charge < -0.3 is 10.2 Å². The van der Waals surface area contributed by atoms with E-state index in [0.29, 0.717) is 5.71 Å². The molecule has 0 bridgehead atoms. The summed E-state index contributed by atoms with van der Waals surface area (Å²) in [5.74, 6) is -0.620. The molecular formula is C11H10N2O3. The van der Waals surface area contributed by atoms with Crippen LogP contribution >= 0.6 is 0 Å². The van der Waals surface area contributed by atoms with Gasteiger partial charge in [0.05, 0.1) is 18.6 Å². The zero-order valence-electron chi connectivity index (χ0n) is 8.47. The number of rotatable bonds is 3. The van der Waals surface area contributed by atoms with E-state index in [-0.39, 0.29) is 18.7 Å². The minimum Gasteiger partial charge on any atom is -0.326 e. The highest BCUT2D eigenvalue weighted by Gasteiger charge is 2.19. The molecule has 0 spiro atoms. The van der Waals surface area contributed by atoms with E-state index >= 15 is 0 Å². The molecule has 0 unspecified atom stereocenters. The quantitative estimate of drug-likeness (QED) is 0.778. The first-order valence-electron chi connectivity index (χ1n) is 4.84. The fourth-order valence-electron chi connectivity index (χ4n) is 1.35. The van der Waals surface area contributed by atoms with Crippen molar-refractivity contribution in [3.8, 4) is 0 Å². The van der Waals surface area contributed by atoms with E-state index in [1.807, 2.05) is 18.2 Å². The summed E-state index contributed by atoms with van der Waals surface area (Å²) in [6.45, 7) is 0. The zero-order chi connectivity index (χ0) is 11.4. The molecule has 1 N–H and O–H groups in total. The molecule has 5 heteroatoms. The van der Waals surface area contributed by atoms with Crippen LogP contribution in [0.1, 0.15) is 12.8 Å². The SMILES string of the molecule is O=C(CC1=NOC(=O)C1)Nc1ccccc1. The van der Waals surface area contributed by atoms with Crippen LogP contribution in [-0.4, -0.2) is 17.6 Å². The Balaban J connectivity index is 1.88. The molecule has 0 radical (unpaired) electrons. The molecule has 1 aromatic rings. The summed E-state index contributed by atoms with van der Waals surface area (Å²) in [5, 5.41) is 6.20. The van der Waals surface area contributed by atoms with Gasteiger partial charge in [-0.1, -0.05) is 23.4 Å². The number of hydrogen-bond donors (Lipinski definition) is 1. The average molecular weight is 218 g/mol. The molecule has 0 aliphatic carbocycles. The highest BCUT2D eigenvalue weighted by molar-refractivity contribution is 6.12. The van der Waals surface area contributed by atoms with Crippen molar-refractivity contribution in [2.45, 2.75) is 12.8 Å². The first kappa shape index (κ1) is 10.4. The summed E-state index contributed by atoms with van der Waals surface area (Å²) in [7, 11) is 0. The molecule has 2 rings (SSSR count). The predicted octanol–water partition coefficient (Wildman–Crippen LogP) is 1.32. The lowest BCUT2D eigenvalue weighted by atomic mass is 10.2. The monoisotopic (exact) mass is 218 g/mol. The molecule has 5 nitrogen and oxygen atoms in total. The van der Waals surface area contributed by atoms with Crippen LogP contribution in [0.25, 0.3) is 0 Å². The normalized spacial score (nSPS) is 14.2. The smallest absolute Gasteiger partial charge is 0.326 e. The third-order valence-electron chi connectivity index (χ3n) is 2.05. The minimum absolute atomic E-state index is 0.0840. The lowest BCUT2D eigenvalue weighted by Crippen LogP contribution is -2.15. The third-order valence-corrected chi connectivity index (χ3v) is 2.05. The second-order valence-corrected chi connectivity index (χ2v) is 3.39. The van der Waals surface area contributed by atoms with E-state index < -0.39 is 5.97 Å². The molecule has 82 valence electrons. The van der Waals surface area contributed by atoms with Crippen LogP contribution in [-0.2, 0) is 14.4 Å². The first-order valence-corrected chi connectivity index (χ1v) is 4.84. The van der Waals surface area contributed by atoms with E-state index in [1.54, 1.807) is 12.1 Å². The Morgan fingerprint density at radius 1 is 1.38 bits per heavy atom. The number of carbonyl (C=O) groups is 2. The third kappa shape index (κ3) is 2.66. The van der Waals surface area contributed by atoms with Crippen LogP contribution in [0.3, 0.4) is 0 Å². The van der Waals surface area contributed by atoms with Gasteiger partial charge >= 0.3 is 5.97 Å². The van der Waals surface area contributed by atoms with Crippen molar-refractivity contribution < 1.29 is 14.4 Å². The van der Waals surface area contributed by atoms with Gasteiger partial charge in [-0.15, -0.1) is 0 Å². The van der Waals surface area contributed by atoms with Gasteiger partial charge in [0.1, 0.15) is 0 Å². The summed E-state index contributed by atoms with van der Waals surface area (Å²) in [6, 6.07) is 9.10. The molecule has 0 aromatic heterocycles. The molecular weight excluding hydrogens is 208 g/mol. The average Bonchev–Trinajstić information content (AvgIpc) is 2.65. The Bertz CT molecular complexity index is 440. The van der Waals surface area contributed by atoms with Crippen molar-refractivity contribution in [1.82, 2.24) is 0 Å². The van der Waals surface area contributed by atoms with Crippen molar-refractivity contribution in [1.29, 1.82) is 0 Å². The fraction of sp³-hybridized carbons (Fsp3) is 0.182. The summed E-state index contributed by atoms with van der Waals surface area (Å²) in [6.07, 6.45) is 0.183. The Morgan fingerprint density at radius 2 is 2.12 bits per heavy atom. The highest BCUT2D eigenvalue weighted by atomic mass is 16.7. The number of carbonyl (C=O) groups excluding carboxylic acids is 2. The maximum Gasteiger partial charge on any atom is 0.340 e. The van der Waals surface area contributed by atoms with Gasteiger partial charge in [-0.3, -0.25) is 4.79 Å². The molecule has 1 heterocycles. The summed E-state index contributed by atoms with van der Waals surface area (Å²) in [4.78, 5) is 26.6. The Morgan fingerprint density at radius 3 is 2.75 bits per heavy atom. The number of benzene rings is 1. The lowest BCUT2D eigenvalue weighted by Gasteiger charge is -2.03. The largest absolute Gasteiger partial charge is 0.340 e. The maximum absolute atomic E-state index is 11.5. The topological polar surface area (TPSA) is 67.8 Å². The molecule has 0 saturated carbocycles. The van der Waals surface area contributed by atoms with Gasteiger partial charge in [0.2, 0.25) is 5.91 Å². The minimum atomic E-state index is -0.414. The van der Waals surface area contributed by atoms with E-state index in [4.69, 9.17) is 0 Å². The second kappa shape index (κ2) is 4.57. The molecule has 0 atom stereocenters. The molecule has 1 amide bonds. The number of hydrogen-bond acceptors (Lipinski definition) is 4. The summed E-state index contributed by atoms with van der Waals surface area (Å²) >= 11 is 0. The van der Waals surface area contributed by atoms with Gasteiger partial charge in [0, 0.05) is 5.69 Å². The molecule has 1 aliphatic heterocycles. The number of oxime groups is 1.